The molecule has 0 unspecified atom stereocenters. The summed E-state index contributed by atoms with van der Waals surface area (Å²) in [5, 5.41) is 1.86. The van der Waals surface area contributed by atoms with Crippen LogP contribution in [0.3, 0.4) is 0 Å². The molecular formula is C23H20BrN7O. The van der Waals surface area contributed by atoms with Crippen molar-refractivity contribution in [1.82, 2.24) is 15.4 Å². The van der Waals surface area contributed by atoms with Gasteiger partial charge in [0.1, 0.15) is 12.0 Å². The molecule has 160 valence electrons. The molecule has 1 heterocycles. The molecule has 0 bridgehead atoms. The molecule has 0 spiro atoms. The Morgan fingerprint density at radius 1 is 0.812 bits per heavy atom. The second-order valence-corrected chi connectivity index (χ2v) is 7.52. The van der Waals surface area contributed by atoms with E-state index in [0.29, 0.717) is 15.9 Å². The average Bonchev–Trinajstić information content (AvgIpc) is 2.84. The normalized spacial score (nSPS) is 10.3. The number of nitrogens with one attached hydrogen (secondary N) is 3. The maximum atomic E-state index is 12.5. The lowest BCUT2D eigenvalue weighted by Crippen LogP contribution is -2.31. The second kappa shape index (κ2) is 9.80. The number of hydrogen-bond acceptors (Lipinski definition) is 7. The molecule has 0 atom stereocenters. The van der Waals surface area contributed by atoms with Gasteiger partial charge in [-0.3, -0.25) is 26.1 Å². The van der Waals surface area contributed by atoms with Crippen LogP contribution >= 0.6 is 15.9 Å². The average molecular weight is 490 g/mol. The molecule has 5 N–H and O–H groups in total. The van der Waals surface area contributed by atoms with Crippen molar-refractivity contribution in [2.75, 3.05) is 21.6 Å². The van der Waals surface area contributed by atoms with Gasteiger partial charge in [0.25, 0.3) is 5.91 Å². The number of nitrogens with zero attached hydrogens (tertiary/aromatic N) is 3. The third-order valence-corrected chi connectivity index (χ3v) is 5.23. The number of benzene rings is 3. The Morgan fingerprint density at radius 3 is 2.00 bits per heavy atom. The summed E-state index contributed by atoms with van der Waals surface area (Å²) in [7, 11) is 0. The van der Waals surface area contributed by atoms with Crippen LogP contribution in [0.4, 0.5) is 28.7 Å². The lowest BCUT2D eigenvalue weighted by Gasteiger charge is -2.26. The Balaban J connectivity index is 1.56. The number of nitrogens with two attached hydrogens (primary N) is 1. The van der Waals surface area contributed by atoms with Crippen LogP contribution in [0, 0.1) is 0 Å². The summed E-state index contributed by atoms with van der Waals surface area (Å²) in [6.07, 6.45) is 1.36. The highest BCUT2D eigenvalue weighted by Gasteiger charge is 2.15. The lowest BCUT2D eigenvalue weighted by molar-refractivity contribution is 0.0961. The van der Waals surface area contributed by atoms with E-state index in [1.807, 2.05) is 71.7 Å². The van der Waals surface area contributed by atoms with Crippen LogP contribution in [0.2, 0.25) is 0 Å². The molecule has 4 rings (SSSR count). The molecule has 8 nitrogen and oxygen atoms in total. The number of halogens is 1. The van der Waals surface area contributed by atoms with Gasteiger partial charge in [0.05, 0.1) is 16.9 Å². The maximum absolute atomic E-state index is 12.5. The van der Waals surface area contributed by atoms with E-state index in [4.69, 9.17) is 5.73 Å². The quantitative estimate of drug-likeness (QED) is 0.277. The van der Waals surface area contributed by atoms with Crippen molar-refractivity contribution < 1.29 is 4.79 Å². The summed E-state index contributed by atoms with van der Waals surface area (Å²) in [6, 6.07) is 26.6. The van der Waals surface area contributed by atoms with Gasteiger partial charge in [-0.05, 0) is 52.3 Å². The molecule has 9 heteroatoms. The van der Waals surface area contributed by atoms with Gasteiger partial charge in [0, 0.05) is 4.47 Å². The van der Waals surface area contributed by atoms with E-state index in [9.17, 15) is 4.79 Å². The molecule has 4 aromatic rings. The fraction of sp³-hybridized carbons (Fsp3) is 0. The number of hydrazine groups is 2. The highest BCUT2D eigenvalue weighted by Crippen LogP contribution is 2.29. The second-order valence-electron chi connectivity index (χ2n) is 6.66. The monoisotopic (exact) mass is 489 g/mol. The van der Waals surface area contributed by atoms with E-state index in [2.05, 4.69) is 42.2 Å². The van der Waals surface area contributed by atoms with Gasteiger partial charge in [-0.25, -0.2) is 9.97 Å². The molecule has 0 radical (unpaired) electrons. The van der Waals surface area contributed by atoms with Gasteiger partial charge < -0.3 is 5.73 Å². The Kier molecular flexibility index (Phi) is 6.47. The fourth-order valence-corrected chi connectivity index (χ4v) is 3.42. The predicted octanol–water partition coefficient (Wildman–Crippen LogP) is 4.74. The zero-order chi connectivity index (χ0) is 22.3. The molecule has 0 fully saturated rings. The topological polar surface area (TPSA) is 108 Å². The van der Waals surface area contributed by atoms with E-state index in [-0.39, 0.29) is 17.4 Å². The minimum Gasteiger partial charge on any atom is -0.393 e. The highest BCUT2D eigenvalue weighted by molar-refractivity contribution is 9.10. The Bertz CT molecular complexity index is 1170. The zero-order valence-electron chi connectivity index (χ0n) is 16.9. The SMILES string of the molecule is Nc1c(NNC(=O)c2ccccc2Br)ncnc1NN(c1ccccc1)c1ccccc1. The Hall–Kier alpha value is -4.11. The van der Waals surface area contributed by atoms with Crippen molar-refractivity contribution >= 4 is 50.5 Å². The van der Waals surface area contributed by atoms with Crippen molar-refractivity contribution in [2.24, 2.45) is 0 Å². The number of hydrogen-bond donors (Lipinski definition) is 4. The van der Waals surface area contributed by atoms with E-state index < -0.39 is 0 Å². The molecule has 3 aromatic carbocycles. The van der Waals surface area contributed by atoms with E-state index in [0.717, 1.165) is 11.4 Å². The van der Waals surface area contributed by atoms with Crippen LogP contribution in [-0.4, -0.2) is 15.9 Å². The number of carbonyl (C=O) groups excluding carboxylic acids is 1. The Labute approximate surface area is 193 Å². The van der Waals surface area contributed by atoms with E-state index in [1.165, 1.54) is 6.33 Å². The van der Waals surface area contributed by atoms with Crippen molar-refractivity contribution in [3.63, 3.8) is 0 Å². The first kappa shape index (κ1) is 21.1. The van der Waals surface area contributed by atoms with Crippen molar-refractivity contribution in [1.29, 1.82) is 0 Å². The first-order valence-corrected chi connectivity index (χ1v) is 10.5. The first-order chi connectivity index (χ1) is 15.6. The molecule has 0 saturated carbocycles. The van der Waals surface area contributed by atoms with Crippen LogP contribution in [-0.2, 0) is 0 Å². The molecule has 1 amide bonds. The summed E-state index contributed by atoms with van der Waals surface area (Å²) < 4.78 is 0.679. The van der Waals surface area contributed by atoms with Gasteiger partial charge in [-0.1, -0.05) is 48.5 Å². The number of nitrogen functional groups attached to an aromatic ring is 1. The molecule has 0 aliphatic heterocycles. The van der Waals surface area contributed by atoms with Gasteiger partial charge in [0.2, 0.25) is 0 Å². The largest absolute Gasteiger partial charge is 0.393 e. The first-order valence-electron chi connectivity index (χ1n) is 9.71. The number of carbonyl (C=O) groups is 1. The predicted molar refractivity (Wildman–Crippen MR) is 130 cm³/mol. The summed E-state index contributed by atoms with van der Waals surface area (Å²) in [6.45, 7) is 0. The van der Waals surface area contributed by atoms with Crippen molar-refractivity contribution in [2.45, 2.75) is 0 Å². The van der Waals surface area contributed by atoms with Crippen LogP contribution in [0.5, 0.6) is 0 Å². The summed E-state index contributed by atoms with van der Waals surface area (Å²) >= 11 is 3.37. The van der Waals surface area contributed by atoms with Gasteiger partial charge in [0.15, 0.2) is 11.6 Å². The van der Waals surface area contributed by atoms with Gasteiger partial charge >= 0.3 is 0 Å². The molecule has 0 aliphatic rings. The lowest BCUT2D eigenvalue weighted by atomic mass is 10.2. The van der Waals surface area contributed by atoms with E-state index in [1.54, 1.807) is 18.2 Å². The van der Waals surface area contributed by atoms with E-state index >= 15 is 0 Å². The third kappa shape index (κ3) is 4.79. The summed E-state index contributed by atoms with van der Waals surface area (Å²) in [5.41, 5.74) is 17.5. The van der Waals surface area contributed by atoms with Gasteiger partial charge in [-0.2, -0.15) is 0 Å². The molecule has 32 heavy (non-hydrogen) atoms. The van der Waals surface area contributed by atoms with Crippen LogP contribution in [0.1, 0.15) is 10.4 Å². The van der Waals surface area contributed by atoms with Crippen molar-refractivity contribution in [3.05, 3.63) is 101 Å². The number of amides is 1. The molecule has 1 aromatic heterocycles. The Morgan fingerprint density at radius 2 is 1.38 bits per heavy atom. The standard InChI is InChI=1S/C23H20BrN7O/c24-19-14-8-7-13-18(19)23(32)29-28-21-20(25)22(27-15-26-21)30-31(16-9-3-1-4-10-16)17-11-5-2-6-12-17/h1-15H,25H2,(H,29,32)(H2,26,27,28,30). The molecular weight excluding hydrogens is 470 g/mol. The fourth-order valence-electron chi connectivity index (χ4n) is 2.95. The zero-order valence-corrected chi connectivity index (χ0v) is 18.5. The minimum atomic E-state index is -0.333. The highest BCUT2D eigenvalue weighted by atomic mass is 79.9. The number of anilines is 5. The van der Waals surface area contributed by atoms with Gasteiger partial charge in [-0.15, -0.1) is 0 Å². The molecule has 0 aliphatic carbocycles. The van der Waals surface area contributed by atoms with Crippen LogP contribution in [0.25, 0.3) is 0 Å². The number of para-hydroxylation sites is 2. The summed E-state index contributed by atoms with van der Waals surface area (Å²) in [5.74, 6) is 0.314. The summed E-state index contributed by atoms with van der Waals surface area (Å²) in [4.78, 5) is 20.9. The third-order valence-electron chi connectivity index (χ3n) is 4.54. The van der Waals surface area contributed by atoms with Crippen molar-refractivity contribution in [3.8, 4) is 0 Å². The number of rotatable bonds is 7. The number of aromatic nitrogens is 2. The smallest absolute Gasteiger partial charge is 0.270 e. The minimum absolute atomic E-state index is 0.247. The van der Waals surface area contributed by atoms with Crippen LogP contribution < -0.4 is 27.0 Å². The molecule has 0 saturated heterocycles. The maximum Gasteiger partial charge on any atom is 0.270 e. The van der Waals surface area contributed by atoms with Crippen LogP contribution in [0.15, 0.2) is 95.7 Å².